The van der Waals surface area contributed by atoms with Gasteiger partial charge in [-0.1, -0.05) is 6.42 Å². The number of Topliss-reactive ketones (excluding diaryl/α,β-unsaturated/α-hetero) is 1. The van der Waals surface area contributed by atoms with E-state index in [1.54, 1.807) is 37.8 Å². The first-order valence-electron chi connectivity index (χ1n) is 4.35. The van der Waals surface area contributed by atoms with Gasteiger partial charge in [-0.15, -0.1) is 29.3 Å². The maximum absolute atomic E-state index is 11.4. The van der Waals surface area contributed by atoms with E-state index in [9.17, 15) is 4.79 Å². The number of hydrogen-bond donors (Lipinski definition) is 0. The number of ether oxygens (including phenoxy) is 1. The Morgan fingerprint density at radius 1 is 1.40 bits per heavy atom. The van der Waals surface area contributed by atoms with Crippen molar-refractivity contribution in [2.75, 3.05) is 13.0 Å². The molecule has 1 rings (SSSR count). The molecule has 4 heteroatoms. The molecule has 0 saturated carbocycles. The zero-order valence-electron chi connectivity index (χ0n) is 9.00. The van der Waals surface area contributed by atoms with Crippen molar-refractivity contribution >= 4 is 17.4 Å². The molecule has 0 heterocycles. The molecule has 0 unspecified atom stereocenters. The van der Waals surface area contributed by atoms with Gasteiger partial charge in [0.2, 0.25) is 0 Å². The molecule has 76 valence electrons. The van der Waals surface area contributed by atoms with E-state index < -0.39 is 0 Å². The number of hydrogen-bond acceptors (Lipinski definition) is 2. The molecule has 0 aliphatic carbocycles. The van der Waals surface area contributed by atoms with Crippen LogP contribution in [0.15, 0.2) is 24.3 Å². The number of carbonyl (C=O) groups is 1. The van der Waals surface area contributed by atoms with Gasteiger partial charge in [-0.05, 0) is 12.1 Å². The van der Waals surface area contributed by atoms with Gasteiger partial charge in [0, 0.05) is 11.7 Å². The molecule has 0 bridgehead atoms. The average Bonchev–Trinajstić information content (AvgIpc) is 2.26. The number of rotatable bonds is 5. The van der Waals surface area contributed by atoms with Gasteiger partial charge in [0.05, 0.1) is 7.11 Å². The summed E-state index contributed by atoms with van der Waals surface area (Å²) in [6.07, 6.45) is 2.20. The van der Waals surface area contributed by atoms with E-state index in [1.807, 2.05) is 0 Å². The summed E-state index contributed by atoms with van der Waals surface area (Å²) in [5.41, 5.74) is 0.663. The number of carbonyl (C=O) groups excluding carboxylic acids is 1. The van der Waals surface area contributed by atoms with Crippen LogP contribution in [-0.4, -0.2) is 18.8 Å². The zero-order valence-corrected chi connectivity index (χ0v) is 9.75. The Balaban J connectivity index is 0.00000196. The molecule has 0 atom stereocenters. The van der Waals surface area contributed by atoms with Gasteiger partial charge < -0.3 is 9.53 Å². The second kappa shape index (κ2) is 7.70. The molecule has 0 aliphatic heterocycles. The third kappa shape index (κ3) is 4.66. The fourth-order valence-electron chi connectivity index (χ4n) is 1.06. The third-order valence-electron chi connectivity index (χ3n) is 1.81. The minimum atomic E-state index is 0. The Morgan fingerprint density at radius 2 is 2.00 bits per heavy atom. The number of methoxy groups -OCH3 is 1. The monoisotopic (exact) mass is 218 g/mol. The maximum atomic E-state index is 11.4. The van der Waals surface area contributed by atoms with Crippen LogP contribution in [-0.2, 0) is 0 Å². The molecule has 1 aromatic rings. The van der Waals surface area contributed by atoms with Crippen molar-refractivity contribution in [3.8, 4) is 5.75 Å². The predicted octanol–water partition coefficient (Wildman–Crippen LogP) is -0.285. The quantitative estimate of drug-likeness (QED) is 0.294. The minimum absolute atomic E-state index is 0. The number of benzene rings is 1. The first-order chi connectivity index (χ1) is 6.77. The molecule has 0 aromatic heterocycles. The summed E-state index contributed by atoms with van der Waals surface area (Å²) < 4.78 is 4.99. The minimum Gasteiger partial charge on any atom is -0.497 e. The van der Waals surface area contributed by atoms with Gasteiger partial charge >= 0.3 is 18.9 Å². The zero-order chi connectivity index (χ0) is 10.4. The van der Waals surface area contributed by atoms with E-state index in [4.69, 9.17) is 16.3 Å². The van der Waals surface area contributed by atoms with Crippen molar-refractivity contribution in [2.45, 2.75) is 6.42 Å². The summed E-state index contributed by atoms with van der Waals surface area (Å²) in [6.45, 7) is 0. The molecule has 0 N–H and O–H groups in total. The van der Waals surface area contributed by atoms with Crippen molar-refractivity contribution in [1.82, 2.24) is 0 Å². The van der Waals surface area contributed by atoms with E-state index in [2.05, 4.69) is 0 Å². The van der Waals surface area contributed by atoms with Crippen LogP contribution in [0, 0.1) is 6.42 Å². The van der Waals surface area contributed by atoms with Crippen molar-refractivity contribution in [1.29, 1.82) is 0 Å². The van der Waals surface area contributed by atoms with Crippen LogP contribution in [0.1, 0.15) is 16.8 Å². The predicted molar refractivity (Wildman–Crippen MR) is 57.0 cm³/mol. The van der Waals surface area contributed by atoms with E-state index in [-0.39, 0.29) is 24.6 Å². The van der Waals surface area contributed by atoms with Gasteiger partial charge in [0.1, 0.15) is 5.75 Å². The second-order valence-corrected chi connectivity index (χ2v) is 3.15. The molecule has 0 radical (unpaired) electrons. The van der Waals surface area contributed by atoms with Crippen molar-refractivity contribution in [2.24, 2.45) is 0 Å². The molecule has 0 spiro atoms. The molecular weight excluding hydrogens is 207 g/mol. The summed E-state index contributed by atoms with van der Waals surface area (Å²) in [4.78, 5) is 11.4. The topological polar surface area (TPSA) is 26.3 Å². The number of halogens is 1. The molecule has 2 nitrogen and oxygen atoms in total. The Kier molecular flexibility index (Phi) is 7.42. The smallest absolute Gasteiger partial charge is 0.497 e. The summed E-state index contributed by atoms with van der Waals surface area (Å²) in [5, 5.41) is 0. The Hall–Kier alpha value is -0.553. The van der Waals surface area contributed by atoms with Gasteiger partial charge in [-0.25, -0.2) is 0 Å². The van der Waals surface area contributed by atoms with Crippen LogP contribution in [0.4, 0.5) is 0 Å². The molecular formula is C11H12ClLiO2. The standard InChI is InChI=1S/C11H12ClO2.Li/c1-14-10-6-4-9(5-7-10)11(13)3-2-8-12;/h3-7H,2,8H2,1H3;/q-1;+1. The SMILES string of the molecule is COc1ccc(C(=O)[CH-]CCCl)cc1.[Li+]. The summed E-state index contributed by atoms with van der Waals surface area (Å²) in [5.74, 6) is 1.23. The van der Waals surface area contributed by atoms with E-state index in [1.165, 1.54) is 0 Å². The molecule has 15 heavy (non-hydrogen) atoms. The second-order valence-electron chi connectivity index (χ2n) is 2.77. The first kappa shape index (κ1) is 14.4. The van der Waals surface area contributed by atoms with Crippen LogP contribution in [0.25, 0.3) is 0 Å². The van der Waals surface area contributed by atoms with Crippen LogP contribution in [0.2, 0.25) is 0 Å². The summed E-state index contributed by atoms with van der Waals surface area (Å²) >= 11 is 5.48. The number of ketones is 1. The van der Waals surface area contributed by atoms with Crippen molar-refractivity contribution in [3.63, 3.8) is 0 Å². The molecule has 1 aromatic carbocycles. The molecule has 0 aliphatic rings. The third-order valence-corrected chi connectivity index (χ3v) is 2.03. The molecule has 0 amide bonds. The Labute approximate surface area is 107 Å². The van der Waals surface area contributed by atoms with Crippen LogP contribution in [0.3, 0.4) is 0 Å². The normalized spacial score (nSPS) is 8.93. The van der Waals surface area contributed by atoms with Crippen molar-refractivity contribution in [3.05, 3.63) is 36.2 Å². The van der Waals surface area contributed by atoms with Gasteiger partial charge in [0.15, 0.2) is 0 Å². The molecule has 0 saturated heterocycles. The summed E-state index contributed by atoms with van der Waals surface area (Å²) in [7, 11) is 1.59. The van der Waals surface area contributed by atoms with Crippen LogP contribution >= 0.6 is 11.6 Å². The van der Waals surface area contributed by atoms with Crippen molar-refractivity contribution < 1.29 is 28.4 Å². The fourth-order valence-corrected chi connectivity index (χ4v) is 1.17. The fraction of sp³-hybridized carbons (Fsp3) is 0.273. The summed E-state index contributed by atoms with van der Waals surface area (Å²) in [6, 6.07) is 7.02. The van der Waals surface area contributed by atoms with E-state index >= 15 is 0 Å². The average molecular weight is 219 g/mol. The van der Waals surface area contributed by atoms with Gasteiger partial charge in [-0.2, -0.15) is 6.42 Å². The number of alkyl halides is 1. The Bertz CT molecular complexity index is 298. The van der Waals surface area contributed by atoms with E-state index in [0.29, 0.717) is 17.9 Å². The van der Waals surface area contributed by atoms with Crippen LogP contribution in [0.5, 0.6) is 5.75 Å². The largest absolute Gasteiger partial charge is 1.00 e. The van der Waals surface area contributed by atoms with Gasteiger partial charge in [0.25, 0.3) is 0 Å². The van der Waals surface area contributed by atoms with Crippen LogP contribution < -0.4 is 23.6 Å². The Morgan fingerprint density at radius 3 is 2.47 bits per heavy atom. The van der Waals surface area contributed by atoms with E-state index in [0.717, 1.165) is 5.75 Å². The molecule has 0 fully saturated rings. The first-order valence-corrected chi connectivity index (χ1v) is 4.89. The maximum Gasteiger partial charge on any atom is 1.00 e. The van der Waals surface area contributed by atoms with Gasteiger partial charge in [-0.3, -0.25) is 0 Å².